The average molecular weight is 258 g/mol. The molecule has 0 fully saturated rings. The lowest BCUT2D eigenvalue weighted by molar-refractivity contribution is -0.131. The largest absolute Gasteiger partial charge is 0.478 e. The molecule has 0 aromatic heterocycles. The van der Waals surface area contributed by atoms with Crippen LogP contribution in [0.5, 0.6) is 0 Å². The first-order valence-corrected chi connectivity index (χ1v) is 6.09. The summed E-state index contributed by atoms with van der Waals surface area (Å²) in [7, 11) is 1.98. The van der Waals surface area contributed by atoms with E-state index in [0.717, 1.165) is 30.3 Å². The molecular formula is C15H18N2O2. The van der Waals surface area contributed by atoms with Gasteiger partial charge < -0.3 is 10.0 Å². The number of nitrogens with zero attached hydrogens (tertiary/aromatic N) is 2. The summed E-state index contributed by atoms with van der Waals surface area (Å²) < 4.78 is 0. The van der Waals surface area contributed by atoms with Crippen molar-refractivity contribution in [2.24, 2.45) is 5.92 Å². The number of rotatable bonds is 6. The van der Waals surface area contributed by atoms with Crippen LogP contribution in [0.1, 0.15) is 18.1 Å². The van der Waals surface area contributed by atoms with Crippen LogP contribution in [0.15, 0.2) is 30.3 Å². The molecule has 19 heavy (non-hydrogen) atoms. The molecule has 100 valence electrons. The van der Waals surface area contributed by atoms with Crippen LogP contribution in [0.3, 0.4) is 0 Å². The Labute approximate surface area is 113 Å². The van der Waals surface area contributed by atoms with Crippen molar-refractivity contribution in [2.75, 3.05) is 13.6 Å². The molecule has 4 heteroatoms. The number of hydrogen-bond acceptors (Lipinski definition) is 3. The van der Waals surface area contributed by atoms with Gasteiger partial charge in [-0.2, -0.15) is 5.26 Å². The van der Waals surface area contributed by atoms with Gasteiger partial charge in [-0.1, -0.05) is 24.3 Å². The fraction of sp³-hybridized carbons (Fsp3) is 0.333. The van der Waals surface area contributed by atoms with E-state index in [9.17, 15) is 4.79 Å². The van der Waals surface area contributed by atoms with E-state index in [1.807, 2.05) is 38.2 Å². The van der Waals surface area contributed by atoms with Crippen LogP contribution in [0.25, 0.3) is 6.08 Å². The maximum absolute atomic E-state index is 10.4. The SMILES string of the molecule is CC(C#N)CN(C)Cc1ccc(/C=C/C(=O)O)cc1. The highest BCUT2D eigenvalue weighted by atomic mass is 16.4. The van der Waals surface area contributed by atoms with E-state index in [2.05, 4.69) is 11.0 Å². The highest BCUT2D eigenvalue weighted by Crippen LogP contribution is 2.09. The molecule has 0 bridgehead atoms. The lowest BCUT2D eigenvalue weighted by atomic mass is 10.1. The number of aliphatic carboxylic acids is 1. The second-order valence-electron chi connectivity index (χ2n) is 4.64. The molecule has 0 aliphatic carbocycles. The van der Waals surface area contributed by atoms with E-state index in [-0.39, 0.29) is 5.92 Å². The summed E-state index contributed by atoms with van der Waals surface area (Å²) in [6.07, 6.45) is 2.68. The minimum atomic E-state index is -0.950. The van der Waals surface area contributed by atoms with Gasteiger partial charge in [0.05, 0.1) is 12.0 Å². The number of benzene rings is 1. The molecular weight excluding hydrogens is 240 g/mol. The minimum Gasteiger partial charge on any atom is -0.478 e. The second kappa shape index (κ2) is 7.34. The van der Waals surface area contributed by atoms with Crippen LogP contribution >= 0.6 is 0 Å². The Morgan fingerprint density at radius 3 is 2.63 bits per heavy atom. The predicted octanol–water partition coefficient (Wildman–Crippen LogP) is 2.38. The van der Waals surface area contributed by atoms with Crippen molar-refractivity contribution < 1.29 is 9.90 Å². The van der Waals surface area contributed by atoms with Crippen molar-refractivity contribution in [1.29, 1.82) is 5.26 Å². The van der Waals surface area contributed by atoms with Crippen molar-refractivity contribution in [3.63, 3.8) is 0 Å². The maximum Gasteiger partial charge on any atom is 0.328 e. The smallest absolute Gasteiger partial charge is 0.328 e. The standard InChI is InChI=1S/C15H18N2O2/c1-12(9-16)10-17(2)11-14-5-3-13(4-6-14)7-8-15(18)19/h3-8,12H,10-11H2,1-2H3,(H,18,19)/b8-7+. The van der Waals surface area contributed by atoms with Crippen molar-refractivity contribution in [3.05, 3.63) is 41.5 Å². The lowest BCUT2D eigenvalue weighted by Crippen LogP contribution is -2.23. The molecule has 0 amide bonds. The van der Waals surface area contributed by atoms with Crippen molar-refractivity contribution in [3.8, 4) is 6.07 Å². The zero-order valence-corrected chi connectivity index (χ0v) is 11.2. The number of carbonyl (C=O) groups is 1. The fourth-order valence-corrected chi connectivity index (χ4v) is 1.79. The molecule has 0 saturated heterocycles. The van der Waals surface area contributed by atoms with E-state index in [1.165, 1.54) is 0 Å². The van der Waals surface area contributed by atoms with Gasteiger partial charge in [-0.05, 0) is 31.2 Å². The van der Waals surface area contributed by atoms with Crippen LogP contribution in [-0.4, -0.2) is 29.6 Å². The fourth-order valence-electron chi connectivity index (χ4n) is 1.79. The van der Waals surface area contributed by atoms with Gasteiger partial charge >= 0.3 is 5.97 Å². The molecule has 0 aliphatic rings. The Bertz CT molecular complexity index is 486. The van der Waals surface area contributed by atoms with Gasteiger partial charge in [0, 0.05) is 19.2 Å². The monoisotopic (exact) mass is 258 g/mol. The third-order valence-electron chi connectivity index (χ3n) is 2.66. The summed E-state index contributed by atoms with van der Waals surface area (Å²) in [6.45, 7) is 3.41. The van der Waals surface area contributed by atoms with Crippen LogP contribution in [0.4, 0.5) is 0 Å². The molecule has 1 aromatic carbocycles. The third-order valence-corrected chi connectivity index (χ3v) is 2.66. The van der Waals surface area contributed by atoms with Crippen LogP contribution < -0.4 is 0 Å². The highest BCUT2D eigenvalue weighted by molar-refractivity contribution is 5.85. The van der Waals surface area contributed by atoms with Gasteiger partial charge in [0.15, 0.2) is 0 Å². The van der Waals surface area contributed by atoms with Crippen LogP contribution in [0, 0.1) is 17.2 Å². The second-order valence-corrected chi connectivity index (χ2v) is 4.64. The average Bonchev–Trinajstić information content (AvgIpc) is 2.37. The first-order chi connectivity index (χ1) is 9.01. The van der Waals surface area contributed by atoms with Gasteiger partial charge in [-0.25, -0.2) is 4.79 Å². The highest BCUT2D eigenvalue weighted by Gasteiger charge is 2.05. The Morgan fingerprint density at radius 1 is 1.47 bits per heavy atom. The van der Waals surface area contributed by atoms with E-state index in [4.69, 9.17) is 10.4 Å². The van der Waals surface area contributed by atoms with Gasteiger partial charge in [-0.3, -0.25) is 0 Å². The first-order valence-electron chi connectivity index (χ1n) is 6.09. The topological polar surface area (TPSA) is 64.3 Å². The first kappa shape index (κ1) is 14.9. The Hall–Kier alpha value is -2.12. The van der Waals surface area contributed by atoms with Gasteiger partial charge in [0.25, 0.3) is 0 Å². The van der Waals surface area contributed by atoms with Crippen molar-refractivity contribution in [1.82, 2.24) is 4.90 Å². The number of hydrogen-bond donors (Lipinski definition) is 1. The Balaban J connectivity index is 2.57. The third kappa shape index (κ3) is 5.84. The minimum absolute atomic E-state index is 0.0165. The molecule has 1 atom stereocenters. The van der Waals surface area contributed by atoms with Gasteiger partial charge in [0.1, 0.15) is 0 Å². The number of carboxylic acids is 1. The predicted molar refractivity (Wildman–Crippen MR) is 74.2 cm³/mol. The van der Waals surface area contributed by atoms with Gasteiger partial charge in [-0.15, -0.1) is 0 Å². The van der Waals surface area contributed by atoms with E-state index >= 15 is 0 Å². The van der Waals surface area contributed by atoms with Crippen molar-refractivity contribution >= 4 is 12.0 Å². The van der Waals surface area contributed by atoms with E-state index in [0.29, 0.717) is 0 Å². The summed E-state index contributed by atoms with van der Waals surface area (Å²) in [5.41, 5.74) is 2.00. The molecule has 1 unspecified atom stereocenters. The molecule has 0 radical (unpaired) electrons. The summed E-state index contributed by atoms with van der Waals surface area (Å²) in [4.78, 5) is 12.5. The number of carboxylic acid groups (broad SMARTS) is 1. The zero-order chi connectivity index (χ0) is 14.3. The molecule has 1 rings (SSSR count). The quantitative estimate of drug-likeness (QED) is 0.796. The zero-order valence-electron chi connectivity index (χ0n) is 11.2. The van der Waals surface area contributed by atoms with Crippen molar-refractivity contribution in [2.45, 2.75) is 13.5 Å². The van der Waals surface area contributed by atoms with Crippen LogP contribution in [0.2, 0.25) is 0 Å². The summed E-state index contributed by atoms with van der Waals surface area (Å²) in [5.74, 6) is -0.933. The lowest BCUT2D eigenvalue weighted by Gasteiger charge is -2.17. The number of nitriles is 1. The molecule has 0 spiro atoms. The molecule has 1 N–H and O–H groups in total. The molecule has 1 aromatic rings. The Morgan fingerprint density at radius 2 is 2.11 bits per heavy atom. The van der Waals surface area contributed by atoms with Gasteiger partial charge in [0.2, 0.25) is 0 Å². The summed E-state index contributed by atoms with van der Waals surface area (Å²) >= 11 is 0. The normalized spacial score (nSPS) is 12.5. The summed E-state index contributed by atoms with van der Waals surface area (Å²) in [6, 6.07) is 9.92. The van der Waals surface area contributed by atoms with Crippen LogP contribution in [-0.2, 0) is 11.3 Å². The van der Waals surface area contributed by atoms with E-state index < -0.39 is 5.97 Å². The molecule has 0 heterocycles. The molecule has 0 saturated carbocycles. The summed E-state index contributed by atoms with van der Waals surface area (Å²) in [5, 5.41) is 17.3. The molecule has 0 aliphatic heterocycles. The maximum atomic E-state index is 10.4. The Kier molecular flexibility index (Phi) is 5.77. The van der Waals surface area contributed by atoms with E-state index in [1.54, 1.807) is 6.08 Å². The molecule has 4 nitrogen and oxygen atoms in total.